The molecule has 0 radical (unpaired) electrons. The second-order valence-electron chi connectivity index (χ2n) is 6.05. The molecular weight excluding hydrogens is 375 g/mol. The zero-order valence-corrected chi connectivity index (χ0v) is 15.5. The largest absolute Gasteiger partial charge is 0.438 e. The summed E-state index contributed by atoms with van der Waals surface area (Å²) in [4.78, 5) is 12.2. The van der Waals surface area contributed by atoms with Crippen molar-refractivity contribution < 1.29 is 17.6 Å². The number of sulfonamides is 1. The van der Waals surface area contributed by atoms with E-state index in [4.69, 9.17) is 27.6 Å². The van der Waals surface area contributed by atoms with Crippen molar-refractivity contribution in [3.63, 3.8) is 0 Å². The van der Waals surface area contributed by atoms with Gasteiger partial charge in [0.15, 0.2) is 5.76 Å². The van der Waals surface area contributed by atoms with Crippen molar-refractivity contribution >= 4 is 44.8 Å². The number of rotatable bonds is 4. The highest BCUT2D eigenvalue weighted by Gasteiger charge is 2.26. The van der Waals surface area contributed by atoms with E-state index in [-0.39, 0.29) is 10.9 Å². The van der Waals surface area contributed by atoms with Gasteiger partial charge in [-0.05, 0) is 51.1 Å². The van der Waals surface area contributed by atoms with Crippen LogP contribution in [0.25, 0.3) is 0 Å². The highest BCUT2D eigenvalue weighted by Crippen LogP contribution is 2.26. The fourth-order valence-electron chi connectivity index (χ4n) is 1.82. The minimum Gasteiger partial charge on any atom is -0.438 e. The number of hydrogen-bond donors (Lipinski definition) is 2. The summed E-state index contributed by atoms with van der Waals surface area (Å²) in [5, 5.41) is 2.86. The van der Waals surface area contributed by atoms with Gasteiger partial charge in [0.1, 0.15) is 0 Å². The van der Waals surface area contributed by atoms with Gasteiger partial charge in [0.05, 0.1) is 10.7 Å². The minimum atomic E-state index is -3.86. The molecule has 2 aromatic rings. The molecule has 1 aromatic heterocycles. The van der Waals surface area contributed by atoms with Crippen LogP contribution < -0.4 is 10.0 Å². The lowest BCUT2D eigenvalue weighted by molar-refractivity contribution is 0.0991. The van der Waals surface area contributed by atoms with E-state index in [2.05, 4.69) is 10.0 Å². The van der Waals surface area contributed by atoms with Crippen LogP contribution in [-0.2, 0) is 10.0 Å². The zero-order valence-electron chi connectivity index (χ0n) is 13.2. The third-order valence-corrected chi connectivity index (χ3v) is 4.88. The van der Waals surface area contributed by atoms with Gasteiger partial charge in [0.2, 0.25) is 5.09 Å². The molecule has 1 amide bonds. The van der Waals surface area contributed by atoms with Crippen molar-refractivity contribution in [1.82, 2.24) is 4.72 Å². The lowest BCUT2D eigenvalue weighted by atomic mass is 10.1. The Balaban J connectivity index is 2.21. The van der Waals surface area contributed by atoms with E-state index in [0.29, 0.717) is 15.7 Å². The number of benzene rings is 1. The van der Waals surface area contributed by atoms with E-state index in [0.717, 1.165) is 0 Å². The van der Waals surface area contributed by atoms with Gasteiger partial charge in [-0.25, -0.2) is 13.1 Å². The van der Waals surface area contributed by atoms with Crippen molar-refractivity contribution in [3.05, 3.63) is 46.1 Å². The molecule has 0 saturated carbocycles. The van der Waals surface area contributed by atoms with Crippen molar-refractivity contribution in [1.29, 1.82) is 0 Å². The molecule has 0 atom stereocenters. The summed E-state index contributed by atoms with van der Waals surface area (Å²) >= 11 is 11.8. The van der Waals surface area contributed by atoms with Gasteiger partial charge in [-0.15, -0.1) is 0 Å². The predicted molar refractivity (Wildman–Crippen MR) is 93.2 cm³/mol. The Bertz CT molecular complexity index is 870. The van der Waals surface area contributed by atoms with E-state index in [1.807, 2.05) is 0 Å². The van der Waals surface area contributed by atoms with Crippen molar-refractivity contribution in [2.75, 3.05) is 5.32 Å². The summed E-state index contributed by atoms with van der Waals surface area (Å²) in [6, 6.07) is 7.07. The molecule has 0 aliphatic heterocycles. The lowest BCUT2D eigenvalue weighted by Crippen LogP contribution is -2.40. The zero-order chi connectivity index (χ0) is 18.1. The Morgan fingerprint density at radius 1 is 1.12 bits per heavy atom. The topological polar surface area (TPSA) is 88.4 Å². The van der Waals surface area contributed by atoms with Gasteiger partial charge in [0, 0.05) is 10.6 Å². The molecule has 0 aliphatic rings. The second kappa shape index (κ2) is 6.76. The van der Waals surface area contributed by atoms with Crippen LogP contribution in [-0.4, -0.2) is 19.9 Å². The van der Waals surface area contributed by atoms with Gasteiger partial charge < -0.3 is 9.73 Å². The maximum absolute atomic E-state index is 12.2. The predicted octanol–water partition coefficient (Wildman–Crippen LogP) is 3.92. The number of nitrogens with one attached hydrogen (secondary N) is 2. The number of halogens is 2. The number of anilines is 1. The van der Waals surface area contributed by atoms with Crippen molar-refractivity contribution in [3.8, 4) is 0 Å². The minimum absolute atomic E-state index is 0.166. The van der Waals surface area contributed by atoms with Gasteiger partial charge in [0.25, 0.3) is 15.9 Å². The summed E-state index contributed by atoms with van der Waals surface area (Å²) in [6.45, 7) is 5.09. The smallest absolute Gasteiger partial charge is 0.291 e. The molecule has 130 valence electrons. The molecule has 2 N–H and O–H groups in total. The monoisotopic (exact) mass is 390 g/mol. The first-order valence-electron chi connectivity index (χ1n) is 6.88. The summed E-state index contributed by atoms with van der Waals surface area (Å²) in [7, 11) is -3.86. The molecule has 24 heavy (non-hydrogen) atoms. The van der Waals surface area contributed by atoms with Gasteiger partial charge in [-0.3, -0.25) is 4.79 Å². The molecule has 9 heteroatoms. The van der Waals surface area contributed by atoms with Crippen LogP contribution >= 0.6 is 23.2 Å². The van der Waals surface area contributed by atoms with Gasteiger partial charge in [-0.1, -0.05) is 23.2 Å². The maximum atomic E-state index is 12.2. The molecule has 2 rings (SSSR count). The molecule has 0 bridgehead atoms. The number of carbonyl (C=O) groups is 1. The highest BCUT2D eigenvalue weighted by atomic mass is 35.5. The maximum Gasteiger partial charge on any atom is 0.291 e. The summed E-state index contributed by atoms with van der Waals surface area (Å²) in [5.74, 6) is -0.809. The summed E-state index contributed by atoms with van der Waals surface area (Å²) in [6.07, 6.45) is 0. The van der Waals surface area contributed by atoms with Crippen LogP contribution in [0.3, 0.4) is 0 Å². The molecule has 1 aromatic carbocycles. The van der Waals surface area contributed by atoms with Crippen LogP contribution in [0.5, 0.6) is 0 Å². The SMILES string of the molecule is CC(C)(C)NS(=O)(=O)c1ccc(C(=O)Nc2cc(Cl)ccc2Cl)o1. The number of hydrogen-bond acceptors (Lipinski definition) is 4. The normalized spacial score (nSPS) is 12.2. The Morgan fingerprint density at radius 2 is 1.79 bits per heavy atom. The van der Waals surface area contributed by atoms with Crippen LogP contribution in [0, 0.1) is 0 Å². The molecule has 0 fully saturated rings. The van der Waals surface area contributed by atoms with Crippen LogP contribution in [0.1, 0.15) is 31.3 Å². The van der Waals surface area contributed by atoms with E-state index >= 15 is 0 Å². The number of carbonyl (C=O) groups excluding carboxylic acids is 1. The van der Waals surface area contributed by atoms with Crippen LogP contribution in [0.2, 0.25) is 10.0 Å². The van der Waals surface area contributed by atoms with Crippen LogP contribution in [0.15, 0.2) is 39.8 Å². The first-order chi connectivity index (χ1) is 11.0. The quantitative estimate of drug-likeness (QED) is 0.827. The third-order valence-electron chi connectivity index (χ3n) is 2.69. The van der Waals surface area contributed by atoms with Gasteiger partial charge >= 0.3 is 0 Å². The fraction of sp³-hybridized carbons (Fsp3) is 0.267. The highest BCUT2D eigenvalue weighted by molar-refractivity contribution is 7.89. The summed E-state index contributed by atoms with van der Waals surface area (Å²) < 4.78 is 31.9. The Labute approximate surface area is 150 Å². The van der Waals surface area contributed by atoms with Crippen molar-refractivity contribution in [2.24, 2.45) is 0 Å². The third kappa shape index (κ3) is 4.73. The van der Waals surface area contributed by atoms with E-state index < -0.39 is 21.5 Å². The number of furan rings is 1. The Morgan fingerprint density at radius 3 is 2.42 bits per heavy atom. The molecular formula is C15H16Cl2N2O4S. The average molecular weight is 391 g/mol. The van der Waals surface area contributed by atoms with Crippen molar-refractivity contribution in [2.45, 2.75) is 31.4 Å². The Kier molecular flexibility index (Phi) is 5.29. The summed E-state index contributed by atoms with van der Waals surface area (Å²) in [5.41, 5.74) is -0.384. The van der Waals surface area contributed by atoms with E-state index in [9.17, 15) is 13.2 Å². The van der Waals surface area contributed by atoms with E-state index in [1.54, 1.807) is 26.8 Å². The fourth-order valence-corrected chi connectivity index (χ4v) is 3.51. The molecule has 6 nitrogen and oxygen atoms in total. The molecule has 1 heterocycles. The molecule has 0 spiro atoms. The Hall–Kier alpha value is -1.54. The first kappa shape index (κ1) is 18.8. The van der Waals surface area contributed by atoms with Crippen LogP contribution in [0.4, 0.5) is 5.69 Å². The van der Waals surface area contributed by atoms with E-state index in [1.165, 1.54) is 24.3 Å². The standard InChI is InChI=1S/C15H16Cl2N2O4S/c1-15(2,3)19-24(21,22)13-7-6-12(23-13)14(20)18-11-8-9(16)4-5-10(11)17/h4-8,19H,1-3H3,(H,18,20). The molecule has 0 unspecified atom stereocenters. The van der Waals surface area contributed by atoms with Gasteiger partial charge in [-0.2, -0.15) is 0 Å². The molecule has 0 aliphatic carbocycles. The average Bonchev–Trinajstić information content (AvgIpc) is 2.91. The molecule has 0 saturated heterocycles. The number of amides is 1. The second-order valence-corrected chi connectivity index (χ2v) is 8.51. The lowest BCUT2D eigenvalue weighted by Gasteiger charge is -2.18. The first-order valence-corrected chi connectivity index (χ1v) is 9.12.